The Hall–Kier alpha value is -2.89. The number of pyridine rings is 2. The van der Waals surface area contributed by atoms with Crippen LogP contribution >= 0.6 is 0 Å². The van der Waals surface area contributed by atoms with Gasteiger partial charge in [-0.1, -0.05) is 12.2 Å². The summed E-state index contributed by atoms with van der Waals surface area (Å²) in [5, 5.41) is 2.79. The summed E-state index contributed by atoms with van der Waals surface area (Å²) in [6.07, 6.45) is 9.68. The molecule has 0 radical (unpaired) electrons. The summed E-state index contributed by atoms with van der Waals surface area (Å²) >= 11 is 0. The summed E-state index contributed by atoms with van der Waals surface area (Å²) in [5.41, 5.74) is 0.928. The first-order valence-corrected chi connectivity index (χ1v) is 8.76. The Morgan fingerprint density at radius 3 is 2.85 bits per heavy atom. The molecule has 1 aliphatic carbocycles. The van der Waals surface area contributed by atoms with Gasteiger partial charge in [0, 0.05) is 37.5 Å². The predicted octanol–water partition coefficient (Wildman–Crippen LogP) is 3.60. The summed E-state index contributed by atoms with van der Waals surface area (Å²) in [6, 6.07) is 7.22. The van der Waals surface area contributed by atoms with Gasteiger partial charge >= 0.3 is 0 Å². The lowest BCUT2D eigenvalue weighted by Gasteiger charge is -2.08. The van der Waals surface area contributed by atoms with E-state index in [4.69, 9.17) is 9.47 Å². The Kier molecular flexibility index (Phi) is 5.84. The molecule has 2 aromatic rings. The molecule has 0 unspecified atom stereocenters. The maximum Gasteiger partial charge on any atom is 0.219 e. The monoisotopic (exact) mass is 353 g/mol. The van der Waals surface area contributed by atoms with Gasteiger partial charge in [-0.05, 0) is 43.4 Å². The van der Waals surface area contributed by atoms with Gasteiger partial charge in [0.15, 0.2) is 0 Å². The number of rotatable bonds is 8. The number of hydrogen-bond acceptors (Lipinski definition) is 5. The second kappa shape index (κ2) is 8.47. The lowest BCUT2D eigenvalue weighted by atomic mass is 10.2. The third-order valence-corrected chi connectivity index (χ3v) is 3.86. The van der Waals surface area contributed by atoms with Gasteiger partial charge in [0.1, 0.15) is 5.75 Å². The highest BCUT2D eigenvalue weighted by Gasteiger charge is 2.22. The molecule has 0 spiro atoms. The highest BCUT2D eigenvalue weighted by molar-refractivity contribution is 5.73. The van der Waals surface area contributed by atoms with Gasteiger partial charge in [-0.25, -0.2) is 9.97 Å². The number of amides is 1. The molecular weight excluding hydrogens is 330 g/mol. The van der Waals surface area contributed by atoms with Crippen LogP contribution in [0.15, 0.2) is 42.7 Å². The quantitative estimate of drug-likeness (QED) is 0.785. The van der Waals surface area contributed by atoms with Crippen molar-refractivity contribution in [3.8, 4) is 17.5 Å². The molecule has 2 aromatic heterocycles. The van der Waals surface area contributed by atoms with Crippen molar-refractivity contribution < 1.29 is 14.3 Å². The summed E-state index contributed by atoms with van der Waals surface area (Å²) in [4.78, 5) is 19.5. The first-order chi connectivity index (χ1) is 12.6. The standard InChI is InChI=1S/C20H23N3O3/c1-14(23-15(2)24)3-4-16-7-8-19(22-12-16)26-18-9-10-21-20(11-18)25-13-17-5-6-17/h3-4,7-12,14,17H,5-6,13H2,1-2H3,(H,23,24)/t14-/m0/s1. The second-order valence-electron chi connectivity index (χ2n) is 6.46. The smallest absolute Gasteiger partial charge is 0.219 e. The van der Waals surface area contributed by atoms with Gasteiger partial charge in [-0.2, -0.15) is 0 Å². The zero-order chi connectivity index (χ0) is 18.4. The van der Waals surface area contributed by atoms with Crippen molar-refractivity contribution in [3.63, 3.8) is 0 Å². The molecule has 0 bridgehead atoms. The number of nitrogens with one attached hydrogen (secondary N) is 1. The van der Waals surface area contributed by atoms with Crippen molar-refractivity contribution in [1.82, 2.24) is 15.3 Å². The van der Waals surface area contributed by atoms with E-state index in [0.717, 1.165) is 5.56 Å². The number of ether oxygens (including phenoxy) is 2. The fourth-order valence-electron chi connectivity index (χ4n) is 2.32. The molecule has 0 aliphatic heterocycles. The van der Waals surface area contributed by atoms with Crippen molar-refractivity contribution in [3.05, 3.63) is 48.3 Å². The summed E-state index contributed by atoms with van der Waals surface area (Å²) < 4.78 is 11.4. The lowest BCUT2D eigenvalue weighted by molar-refractivity contribution is -0.119. The first kappa shape index (κ1) is 17.9. The normalized spacial score (nSPS) is 14.8. The summed E-state index contributed by atoms with van der Waals surface area (Å²) in [5.74, 6) is 2.33. The van der Waals surface area contributed by atoms with E-state index in [9.17, 15) is 4.79 Å². The van der Waals surface area contributed by atoms with Crippen molar-refractivity contribution >= 4 is 12.0 Å². The number of carbonyl (C=O) groups excluding carboxylic acids is 1. The molecule has 1 amide bonds. The molecular formula is C20H23N3O3. The van der Waals surface area contributed by atoms with Crippen LogP contribution in [0, 0.1) is 5.92 Å². The molecule has 0 saturated heterocycles. The van der Waals surface area contributed by atoms with Gasteiger partial charge in [0.05, 0.1) is 6.61 Å². The molecule has 2 heterocycles. The summed E-state index contributed by atoms with van der Waals surface area (Å²) in [6.45, 7) is 4.13. The molecule has 1 saturated carbocycles. The number of carbonyl (C=O) groups is 1. The molecule has 3 rings (SSSR count). The van der Waals surface area contributed by atoms with Gasteiger partial charge in [-0.15, -0.1) is 0 Å². The Morgan fingerprint density at radius 1 is 1.31 bits per heavy atom. The second-order valence-corrected chi connectivity index (χ2v) is 6.46. The average Bonchev–Trinajstić information content (AvgIpc) is 3.44. The molecule has 1 fully saturated rings. The molecule has 0 aromatic carbocycles. The maximum atomic E-state index is 11.0. The largest absolute Gasteiger partial charge is 0.477 e. The molecule has 1 N–H and O–H groups in total. The van der Waals surface area contributed by atoms with Crippen molar-refractivity contribution in [1.29, 1.82) is 0 Å². The molecule has 6 nitrogen and oxygen atoms in total. The summed E-state index contributed by atoms with van der Waals surface area (Å²) in [7, 11) is 0. The Morgan fingerprint density at radius 2 is 2.15 bits per heavy atom. The fourth-order valence-corrected chi connectivity index (χ4v) is 2.32. The van der Waals surface area contributed by atoms with E-state index in [0.29, 0.717) is 30.0 Å². The number of aromatic nitrogens is 2. The van der Waals surface area contributed by atoms with Crippen LogP contribution in [-0.2, 0) is 4.79 Å². The van der Waals surface area contributed by atoms with Gasteiger partial charge in [0.25, 0.3) is 0 Å². The zero-order valence-electron chi connectivity index (χ0n) is 15.0. The maximum absolute atomic E-state index is 11.0. The van der Waals surface area contributed by atoms with Crippen molar-refractivity contribution in [2.75, 3.05) is 6.61 Å². The predicted molar refractivity (Wildman–Crippen MR) is 99.1 cm³/mol. The van der Waals surface area contributed by atoms with E-state index in [2.05, 4.69) is 15.3 Å². The van der Waals surface area contributed by atoms with Crippen LogP contribution in [0.2, 0.25) is 0 Å². The SMILES string of the molecule is CC(=O)N[C@@H](C)C=Cc1ccc(Oc2ccnc(OCC3CC3)c2)nc1. The van der Waals surface area contributed by atoms with Crippen LogP contribution in [0.1, 0.15) is 32.3 Å². The number of nitrogens with zero attached hydrogens (tertiary/aromatic N) is 2. The molecule has 1 aliphatic rings. The van der Waals surface area contributed by atoms with Crippen LogP contribution in [0.3, 0.4) is 0 Å². The van der Waals surface area contributed by atoms with Crippen molar-refractivity contribution in [2.24, 2.45) is 5.92 Å². The van der Waals surface area contributed by atoms with E-state index in [-0.39, 0.29) is 11.9 Å². The van der Waals surface area contributed by atoms with Gasteiger partial charge < -0.3 is 14.8 Å². The van der Waals surface area contributed by atoms with Crippen LogP contribution < -0.4 is 14.8 Å². The Labute approximate surface area is 153 Å². The third-order valence-electron chi connectivity index (χ3n) is 3.86. The highest BCUT2D eigenvalue weighted by Crippen LogP contribution is 2.30. The van der Waals surface area contributed by atoms with E-state index < -0.39 is 0 Å². The molecule has 1 atom stereocenters. The van der Waals surface area contributed by atoms with E-state index >= 15 is 0 Å². The van der Waals surface area contributed by atoms with E-state index in [1.807, 2.05) is 25.1 Å². The zero-order valence-corrected chi connectivity index (χ0v) is 15.0. The topological polar surface area (TPSA) is 73.3 Å². The van der Waals surface area contributed by atoms with E-state index in [1.54, 1.807) is 30.6 Å². The first-order valence-electron chi connectivity index (χ1n) is 8.76. The van der Waals surface area contributed by atoms with Gasteiger partial charge in [0.2, 0.25) is 17.7 Å². The Balaban J connectivity index is 1.56. The minimum absolute atomic E-state index is 0.0331. The van der Waals surface area contributed by atoms with Crippen LogP contribution in [-0.4, -0.2) is 28.5 Å². The Bertz CT molecular complexity index is 770. The minimum Gasteiger partial charge on any atom is -0.477 e. The molecule has 26 heavy (non-hydrogen) atoms. The van der Waals surface area contributed by atoms with Gasteiger partial charge in [-0.3, -0.25) is 4.79 Å². The molecule has 6 heteroatoms. The molecule has 136 valence electrons. The number of hydrogen-bond donors (Lipinski definition) is 1. The lowest BCUT2D eigenvalue weighted by Crippen LogP contribution is -2.28. The van der Waals surface area contributed by atoms with Crippen LogP contribution in [0.5, 0.6) is 17.5 Å². The third kappa shape index (κ3) is 5.88. The fraction of sp³-hybridized carbons (Fsp3) is 0.350. The van der Waals surface area contributed by atoms with Crippen molar-refractivity contribution in [2.45, 2.75) is 32.7 Å². The highest BCUT2D eigenvalue weighted by atomic mass is 16.5. The van der Waals surface area contributed by atoms with Crippen LogP contribution in [0.4, 0.5) is 0 Å². The average molecular weight is 353 g/mol. The van der Waals surface area contributed by atoms with E-state index in [1.165, 1.54) is 19.8 Å². The van der Waals surface area contributed by atoms with Crippen LogP contribution in [0.25, 0.3) is 6.08 Å². The minimum atomic E-state index is -0.0538.